The van der Waals surface area contributed by atoms with Crippen LogP contribution in [0.4, 0.5) is 0 Å². The summed E-state index contributed by atoms with van der Waals surface area (Å²) >= 11 is 0. The van der Waals surface area contributed by atoms with E-state index in [0.717, 1.165) is 0 Å². The first kappa shape index (κ1) is 9.21. The second-order valence-corrected chi connectivity index (χ2v) is 3.34. The van der Waals surface area contributed by atoms with E-state index in [1.807, 2.05) is 20.8 Å². The summed E-state index contributed by atoms with van der Waals surface area (Å²) in [5, 5.41) is 3.05. The van der Waals surface area contributed by atoms with Crippen molar-refractivity contribution >= 4 is 5.78 Å². The number of ketones is 1. The zero-order valence-corrected chi connectivity index (χ0v) is 7.06. The monoisotopic (exact) mass is 141 g/mol. The van der Waals surface area contributed by atoms with Gasteiger partial charge in [0.25, 0.3) is 0 Å². The molecule has 0 heterocycles. The summed E-state index contributed by atoms with van der Waals surface area (Å²) in [6.07, 6.45) is 3.20. The molecule has 0 unspecified atom stereocenters. The van der Waals surface area contributed by atoms with Crippen molar-refractivity contribution in [1.82, 2.24) is 5.32 Å². The number of carbonyl (C=O) groups is 1. The van der Waals surface area contributed by atoms with Gasteiger partial charge < -0.3 is 5.32 Å². The van der Waals surface area contributed by atoms with Crippen LogP contribution in [0.2, 0.25) is 0 Å². The topological polar surface area (TPSA) is 29.1 Å². The Bertz CT molecular complexity index is 142. The fraction of sp³-hybridized carbons (Fsp3) is 0.625. The summed E-state index contributed by atoms with van der Waals surface area (Å²) in [5.74, 6) is 0.0664. The molecule has 0 bridgehead atoms. The summed E-state index contributed by atoms with van der Waals surface area (Å²) < 4.78 is 0. The molecule has 0 saturated heterocycles. The molecular formula is C8H15NO. The minimum atomic E-state index is 0.0476. The van der Waals surface area contributed by atoms with Gasteiger partial charge >= 0.3 is 0 Å². The third-order valence-electron chi connectivity index (χ3n) is 0.834. The van der Waals surface area contributed by atoms with Crippen molar-refractivity contribution in [3.8, 4) is 0 Å². The third kappa shape index (κ3) is 7.21. The SMILES string of the molecule is CC(=O)/C=C\NC(C)(C)C. The lowest BCUT2D eigenvalue weighted by Gasteiger charge is -2.18. The molecule has 2 heteroatoms. The fourth-order valence-corrected chi connectivity index (χ4v) is 0.409. The Hall–Kier alpha value is -0.790. The number of hydrogen-bond donors (Lipinski definition) is 1. The van der Waals surface area contributed by atoms with Gasteiger partial charge in [-0.1, -0.05) is 0 Å². The Kier molecular flexibility index (Phi) is 3.13. The number of nitrogens with one attached hydrogen (secondary N) is 1. The molecule has 0 aliphatic carbocycles. The number of rotatable bonds is 2. The number of carbonyl (C=O) groups excluding carboxylic acids is 1. The normalized spacial score (nSPS) is 12.0. The molecule has 0 aliphatic heterocycles. The number of hydrogen-bond acceptors (Lipinski definition) is 2. The molecule has 0 radical (unpaired) electrons. The third-order valence-corrected chi connectivity index (χ3v) is 0.834. The van der Waals surface area contributed by atoms with Gasteiger partial charge in [0.1, 0.15) is 0 Å². The molecule has 0 saturated carbocycles. The van der Waals surface area contributed by atoms with E-state index in [-0.39, 0.29) is 11.3 Å². The zero-order chi connectivity index (χ0) is 8.20. The van der Waals surface area contributed by atoms with Crippen molar-refractivity contribution in [3.05, 3.63) is 12.3 Å². The Morgan fingerprint density at radius 3 is 2.20 bits per heavy atom. The Morgan fingerprint density at radius 2 is 1.90 bits per heavy atom. The van der Waals surface area contributed by atoms with Crippen LogP contribution in [-0.4, -0.2) is 11.3 Å². The second-order valence-electron chi connectivity index (χ2n) is 3.34. The maximum absolute atomic E-state index is 10.4. The Morgan fingerprint density at radius 1 is 1.40 bits per heavy atom. The Balaban J connectivity index is 3.64. The van der Waals surface area contributed by atoms with Gasteiger partial charge in [0.2, 0.25) is 0 Å². The highest BCUT2D eigenvalue weighted by molar-refractivity contribution is 5.87. The summed E-state index contributed by atoms with van der Waals surface area (Å²) in [6, 6.07) is 0. The first-order chi connectivity index (χ1) is 4.42. The van der Waals surface area contributed by atoms with Crippen LogP contribution in [0.1, 0.15) is 27.7 Å². The molecule has 0 atom stereocenters. The summed E-state index contributed by atoms with van der Waals surface area (Å²) in [5.41, 5.74) is 0.0476. The minimum absolute atomic E-state index is 0.0476. The lowest BCUT2D eigenvalue weighted by molar-refractivity contribution is -0.112. The molecule has 0 rings (SSSR count). The molecule has 10 heavy (non-hydrogen) atoms. The molecule has 58 valence electrons. The van der Waals surface area contributed by atoms with Crippen LogP contribution in [0, 0.1) is 0 Å². The van der Waals surface area contributed by atoms with E-state index in [1.165, 1.54) is 13.0 Å². The highest BCUT2D eigenvalue weighted by Crippen LogP contribution is 1.97. The van der Waals surface area contributed by atoms with Gasteiger partial charge in [-0.15, -0.1) is 0 Å². The molecule has 1 N–H and O–H groups in total. The molecule has 0 spiro atoms. The van der Waals surface area contributed by atoms with Crippen molar-refractivity contribution < 1.29 is 4.79 Å². The summed E-state index contributed by atoms with van der Waals surface area (Å²) in [4.78, 5) is 10.4. The molecule has 0 aromatic rings. The highest BCUT2D eigenvalue weighted by atomic mass is 16.1. The molecule has 0 aromatic carbocycles. The quantitative estimate of drug-likeness (QED) is 0.590. The van der Waals surface area contributed by atoms with Crippen LogP contribution >= 0.6 is 0 Å². The van der Waals surface area contributed by atoms with Crippen molar-refractivity contribution in [1.29, 1.82) is 0 Å². The molecule has 0 amide bonds. The molecule has 0 aromatic heterocycles. The van der Waals surface area contributed by atoms with Gasteiger partial charge in [0.15, 0.2) is 5.78 Å². The van der Waals surface area contributed by atoms with Gasteiger partial charge in [-0.3, -0.25) is 4.79 Å². The van der Waals surface area contributed by atoms with Gasteiger partial charge in [-0.2, -0.15) is 0 Å². The number of allylic oxidation sites excluding steroid dienone is 1. The van der Waals surface area contributed by atoms with Crippen molar-refractivity contribution in [2.75, 3.05) is 0 Å². The predicted molar refractivity (Wildman–Crippen MR) is 42.7 cm³/mol. The first-order valence-corrected chi connectivity index (χ1v) is 3.36. The smallest absolute Gasteiger partial charge is 0.154 e. The summed E-state index contributed by atoms with van der Waals surface area (Å²) in [6.45, 7) is 7.65. The first-order valence-electron chi connectivity index (χ1n) is 3.36. The minimum Gasteiger partial charge on any atom is -0.386 e. The van der Waals surface area contributed by atoms with Crippen LogP contribution < -0.4 is 5.32 Å². The maximum Gasteiger partial charge on any atom is 0.154 e. The van der Waals surface area contributed by atoms with E-state index in [0.29, 0.717) is 0 Å². The second kappa shape index (κ2) is 3.40. The van der Waals surface area contributed by atoms with Crippen molar-refractivity contribution in [3.63, 3.8) is 0 Å². The van der Waals surface area contributed by atoms with Gasteiger partial charge in [0.05, 0.1) is 0 Å². The van der Waals surface area contributed by atoms with Crippen LogP contribution in [-0.2, 0) is 4.79 Å². The van der Waals surface area contributed by atoms with Crippen LogP contribution in [0.15, 0.2) is 12.3 Å². The fourth-order valence-electron chi connectivity index (χ4n) is 0.409. The van der Waals surface area contributed by atoms with Crippen LogP contribution in [0.3, 0.4) is 0 Å². The molecular weight excluding hydrogens is 126 g/mol. The largest absolute Gasteiger partial charge is 0.386 e. The zero-order valence-electron chi connectivity index (χ0n) is 7.06. The van der Waals surface area contributed by atoms with E-state index in [2.05, 4.69) is 5.32 Å². The Labute approximate surface area is 62.3 Å². The van der Waals surface area contributed by atoms with E-state index in [4.69, 9.17) is 0 Å². The average Bonchev–Trinajstić information content (AvgIpc) is 1.59. The van der Waals surface area contributed by atoms with Crippen LogP contribution in [0.5, 0.6) is 0 Å². The van der Waals surface area contributed by atoms with Crippen molar-refractivity contribution in [2.45, 2.75) is 33.2 Å². The highest BCUT2D eigenvalue weighted by Gasteiger charge is 2.04. The average molecular weight is 141 g/mol. The standard InChI is InChI=1S/C8H15NO/c1-7(10)5-6-9-8(2,3)4/h5-6,9H,1-4H3/b6-5-. The molecule has 2 nitrogen and oxygen atoms in total. The van der Waals surface area contributed by atoms with Crippen molar-refractivity contribution in [2.24, 2.45) is 0 Å². The summed E-state index contributed by atoms with van der Waals surface area (Å²) in [7, 11) is 0. The molecule has 0 fully saturated rings. The van der Waals surface area contributed by atoms with Gasteiger partial charge in [0, 0.05) is 11.7 Å². The van der Waals surface area contributed by atoms with E-state index >= 15 is 0 Å². The predicted octanol–water partition coefficient (Wildman–Crippen LogP) is 1.48. The van der Waals surface area contributed by atoms with Gasteiger partial charge in [-0.05, 0) is 33.8 Å². The van der Waals surface area contributed by atoms with E-state index in [9.17, 15) is 4.79 Å². The molecule has 0 aliphatic rings. The maximum atomic E-state index is 10.4. The lowest BCUT2D eigenvalue weighted by Crippen LogP contribution is -2.31. The van der Waals surface area contributed by atoms with Gasteiger partial charge in [-0.25, -0.2) is 0 Å². The van der Waals surface area contributed by atoms with E-state index < -0.39 is 0 Å². The van der Waals surface area contributed by atoms with Crippen LogP contribution in [0.25, 0.3) is 0 Å². The van der Waals surface area contributed by atoms with E-state index in [1.54, 1.807) is 6.20 Å². The lowest BCUT2D eigenvalue weighted by atomic mass is 10.1.